The third kappa shape index (κ3) is 1.39. The molecule has 16 heavy (non-hydrogen) atoms. The fraction of sp³-hybridized carbons (Fsp3) is 0.0714. The zero-order valence-electron chi connectivity index (χ0n) is 9.07. The maximum atomic E-state index is 4.34. The van der Waals surface area contributed by atoms with Crippen LogP contribution in [0.3, 0.4) is 0 Å². The number of benzene rings is 2. The van der Waals surface area contributed by atoms with Gasteiger partial charge >= 0.3 is 0 Å². The summed E-state index contributed by atoms with van der Waals surface area (Å²) in [7, 11) is 0. The lowest BCUT2D eigenvalue weighted by atomic mass is 10.0. The summed E-state index contributed by atoms with van der Waals surface area (Å²) in [6, 6.07) is 14.8. The van der Waals surface area contributed by atoms with E-state index in [1.54, 1.807) is 6.33 Å². The molecule has 3 rings (SSSR count). The molecule has 0 aliphatic carbocycles. The van der Waals surface area contributed by atoms with Crippen molar-refractivity contribution in [2.45, 2.75) is 6.92 Å². The Hall–Kier alpha value is -2.09. The van der Waals surface area contributed by atoms with Crippen molar-refractivity contribution in [2.75, 3.05) is 0 Å². The van der Waals surface area contributed by atoms with Crippen LogP contribution in [0.4, 0.5) is 0 Å². The molecule has 0 amide bonds. The fourth-order valence-electron chi connectivity index (χ4n) is 1.99. The monoisotopic (exact) mass is 208 g/mol. The van der Waals surface area contributed by atoms with Gasteiger partial charge in [-0.05, 0) is 23.8 Å². The lowest BCUT2D eigenvalue weighted by Crippen LogP contribution is -1.81. The molecule has 0 saturated carbocycles. The van der Waals surface area contributed by atoms with Crippen LogP contribution in [0.1, 0.15) is 5.69 Å². The van der Waals surface area contributed by atoms with E-state index in [0.29, 0.717) is 0 Å². The van der Waals surface area contributed by atoms with Crippen LogP contribution >= 0.6 is 0 Å². The number of H-pyrrole nitrogens is 1. The summed E-state index contributed by atoms with van der Waals surface area (Å²) in [5, 5.41) is 2.52. The Morgan fingerprint density at radius 3 is 2.56 bits per heavy atom. The minimum atomic E-state index is 1.03. The Kier molecular flexibility index (Phi) is 2.00. The molecule has 78 valence electrons. The normalized spacial score (nSPS) is 10.8. The lowest BCUT2D eigenvalue weighted by molar-refractivity contribution is 1.25. The molecule has 2 aromatic carbocycles. The number of hydrogen-bond acceptors (Lipinski definition) is 1. The summed E-state index contributed by atoms with van der Waals surface area (Å²) in [5.74, 6) is 0. The fourth-order valence-corrected chi connectivity index (χ4v) is 1.99. The zero-order chi connectivity index (χ0) is 11.0. The smallest absolute Gasteiger partial charge is 0.0929 e. The highest BCUT2D eigenvalue weighted by molar-refractivity contribution is 5.86. The van der Waals surface area contributed by atoms with Gasteiger partial charge in [0.2, 0.25) is 0 Å². The molecule has 1 aromatic heterocycles. The van der Waals surface area contributed by atoms with Gasteiger partial charge < -0.3 is 4.98 Å². The van der Waals surface area contributed by atoms with E-state index >= 15 is 0 Å². The molecule has 0 atom stereocenters. The molecule has 0 fully saturated rings. The average molecular weight is 208 g/mol. The highest BCUT2D eigenvalue weighted by atomic mass is 14.9. The molecule has 2 heteroatoms. The predicted octanol–water partition coefficient (Wildman–Crippen LogP) is 3.54. The van der Waals surface area contributed by atoms with Crippen molar-refractivity contribution in [3.63, 3.8) is 0 Å². The van der Waals surface area contributed by atoms with Crippen LogP contribution in [0.25, 0.3) is 22.0 Å². The van der Waals surface area contributed by atoms with Crippen LogP contribution in [0.15, 0.2) is 48.8 Å². The van der Waals surface area contributed by atoms with Gasteiger partial charge in [0.1, 0.15) is 0 Å². The minimum Gasteiger partial charge on any atom is -0.348 e. The number of aromatic amines is 1. The number of fused-ring (bicyclic) bond motifs is 1. The first kappa shape index (κ1) is 9.16. The van der Waals surface area contributed by atoms with E-state index in [2.05, 4.69) is 52.4 Å². The molecule has 3 aromatic rings. The number of nitrogens with zero attached hydrogens (tertiary/aromatic N) is 1. The van der Waals surface area contributed by atoms with Crippen LogP contribution < -0.4 is 0 Å². The predicted molar refractivity (Wildman–Crippen MR) is 66.3 cm³/mol. The van der Waals surface area contributed by atoms with Gasteiger partial charge in [-0.3, -0.25) is 0 Å². The summed E-state index contributed by atoms with van der Waals surface area (Å²) < 4.78 is 0. The molecular weight excluding hydrogens is 196 g/mol. The summed E-state index contributed by atoms with van der Waals surface area (Å²) in [5.41, 5.74) is 3.30. The van der Waals surface area contributed by atoms with Gasteiger partial charge in [0.25, 0.3) is 0 Å². The second kappa shape index (κ2) is 3.49. The van der Waals surface area contributed by atoms with Gasteiger partial charge in [0.15, 0.2) is 0 Å². The molecule has 0 unspecified atom stereocenters. The topological polar surface area (TPSA) is 28.7 Å². The van der Waals surface area contributed by atoms with Gasteiger partial charge in [-0.1, -0.05) is 36.4 Å². The first-order chi connectivity index (χ1) is 7.84. The molecule has 0 aliphatic heterocycles. The Balaban J connectivity index is 2.23. The van der Waals surface area contributed by atoms with Crippen molar-refractivity contribution in [1.82, 2.24) is 9.97 Å². The molecule has 1 heterocycles. The van der Waals surface area contributed by atoms with Crippen molar-refractivity contribution >= 4 is 10.8 Å². The largest absolute Gasteiger partial charge is 0.348 e. The van der Waals surface area contributed by atoms with E-state index < -0.39 is 0 Å². The van der Waals surface area contributed by atoms with Crippen LogP contribution in [-0.4, -0.2) is 9.97 Å². The van der Waals surface area contributed by atoms with E-state index in [9.17, 15) is 0 Å². The number of rotatable bonds is 1. The van der Waals surface area contributed by atoms with Gasteiger partial charge in [-0.2, -0.15) is 0 Å². The quantitative estimate of drug-likeness (QED) is 0.651. The second-order valence-corrected chi connectivity index (χ2v) is 3.94. The first-order valence-electron chi connectivity index (χ1n) is 5.34. The van der Waals surface area contributed by atoms with Crippen LogP contribution in [-0.2, 0) is 0 Å². The van der Waals surface area contributed by atoms with Crippen LogP contribution in [0, 0.1) is 6.92 Å². The molecule has 0 bridgehead atoms. The zero-order valence-corrected chi connectivity index (χ0v) is 9.07. The van der Waals surface area contributed by atoms with Crippen molar-refractivity contribution < 1.29 is 0 Å². The van der Waals surface area contributed by atoms with Crippen LogP contribution in [0.2, 0.25) is 0 Å². The lowest BCUT2D eigenvalue weighted by Gasteiger charge is -2.02. The third-order valence-corrected chi connectivity index (χ3v) is 2.85. The van der Waals surface area contributed by atoms with E-state index in [-0.39, 0.29) is 0 Å². The molecule has 2 nitrogen and oxygen atoms in total. The van der Waals surface area contributed by atoms with Crippen molar-refractivity contribution in [2.24, 2.45) is 0 Å². The number of aromatic nitrogens is 2. The maximum absolute atomic E-state index is 4.34. The highest BCUT2D eigenvalue weighted by Crippen LogP contribution is 2.24. The third-order valence-electron chi connectivity index (χ3n) is 2.85. The molecule has 1 N–H and O–H groups in total. The van der Waals surface area contributed by atoms with Gasteiger partial charge in [-0.25, -0.2) is 4.98 Å². The Bertz CT molecular complexity index is 638. The Morgan fingerprint density at radius 1 is 1.00 bits per heavy atom. The van der Waals surface area contributed by atoms with Crippen molar-refractivity contribution in [3.05, 3.63) is 54.5 Å². The Labute approximate surface area is 94.0 Å². The number of aryl methyl sites for hydroxylation is 1. The summed E-state index contributed by atoms with van der Waals surface area (Å²) in [6.45, 7) is 2.04. The van der Waals surface area contributed by atoms with E-state index in [1.807, 2.05) is 6.92 Å². The van der Waals surface area contributed by atoms with Crippen molar-refractivity contribution in [3.8, 4) is 11.3 Å². The number of hydrogen-bond donors (Lipinski definition) is 1. The maximum Gasteiger partial charge on any atom is 0.0929 e. The van der Waals surface area contributed by atoms with Gasteiger partial charge in [0, 0.05) is 11.3 Å². The number of imidazole rings is 1. The summed E-state index contributed by atoms with van der Waals surface area (Å²) in [4.78, 5) is 7.44. The molecule has 0 spiro atoms. The van der Waals surface area contributed by atoms with E-state index in [0.717, 1.165) is 17.0 Å². The van der Waals surface area contributed by atoms with Gasteiger partial charge in [0.05, 0.1) is 12.0 Å². The highest BCUT2D eigenvalue weighted by Gasteiger charge is 2.04. The summed E-state index contributed by atoms with van der Waals surface area (Å²) >= 11 is 0. The molecular formula is C14H12N2. The SMILES string of the molecule is Cc1[nH]cnc1-c1ccc2ccccc2c1. The molecule has 0 aliphatic rings. The van der Waals surface area contributed by atoms with E-state index in [4.69, 9.17) is 0 Å². The summed E-state index contributed by atoms with van der Waals surface area (Å²) in [6.07, 6.45) is 1.74. The Morgan fingerprint density at radius 2 is 1.81 bits per heavy atom. The standard InChI is InChI=1S/C14H12N2/c1-10-14(16-9-15-10)13-7-6-11-4-2-3-5-12(11)8-13/h2-9H,1H3,(H,15,16). The van der Waals surface area contributed by atoms with E-state index in [1.165, 1.54) is 10.8 Å². The molecule has 0 saturated heterocycles. The first-order valence-corrected chi connectivity index (χ1v) is 5.34. The van der Waals surface area contributed by atoms with Crippen LogP contribution in [0.5, 0.6) is 0 Å². The van der Waals surface area contributed by atoms with Gasteiger partial charge in [-0.15, -0.1) is 0 Å². The number of nitrogens with one attached hydrogen (secondary N) is 1. The van der Waals surface area contributed by atoms with Crippen molar-refractivity contribution in [1.29, 1.82) is 0 Å². The minimum absolute atomic E-state index is 1.03. The molecule has 0 radical (unpaired) electrons. The second-order valence-electron chi connectivity index (χ2n) is 3.94. The average Bonchev–Trinajstić information content (AvgIpc) is 2.75.